The molecule has 1 unspecified atom stereocenters. The molecule has 0 aromatic carbocycles. The maximum atomic E-state index is 11.5. The summed E-state index contributed by atoms with van der Waals surface area (Å²) in [7, 11) is 0. The Kier molecular flexibility index (Phi) is 4.44. The summed E-state index contributed by atoms with van der Waals surface area (Å²) in [6.07, 6.45) is -0.00998. The van der Waals surface area contributed by atoms with E-state index in [1.165, 1.54) is 0 Å². The van der Waals surface area contributed by atoms with E-state index in [0.717, 1.165) is 11.3 Å². The van der Waals surface area contributed by atoms with Crippen molar-refractivity contribution >= 4 is 22.4 Å². The van der Waals surface area contributed by atoms with Crippen molar-refractivity contribution in [2.45, 2.75) is 20.0 Å². The van der Waals surface area contributed by atoms with E-state index in [0.29, 0.717) is 13.2 Å². The van der Waals surface area contributed by atoms with Gasteiger partial charge in [0.2, 0.25) is 10.1 Å². The Balaban J connectivity index is 2.36. The smallest absolute Gasteiger partial charge is 0.282 e. The van der Waals surface area contributed by atoms with Gasteiger partial charge in [-0.2, -0.15) is 0 Å². The first-order valence-electron chi connectivity index (χ1n) is 4.62. The van der Waals surface area contributed by atoms with Crippen LogP contribution in [-0.4, -0.2) is 35.4 Å². The van der Waals surface area contributed by atoms with Crippen LogP contribution in [0.5, 0.6) is 0 Å². The summed E-state index contributed by atoms with van der Waals surface area (Å²) in [6, 6.07) is 0. The Morgan fingerprint density at radius 2 is 2.40 bits per heavy atom. The van der Waals surface area contributed by atoms with Crippen LogP contribution in [0, 0.1) is 0 Å². The molecule has 84 valence electrons. The number of nitrogen functional groups attached to an aromatic ring is 1. The Morgan fingerprint density at radius 1 is 1.67 bits per heavy atom. The second-order valence-corrected chi connectivity index (χ2v) is 3.93. The predicted molar refractivity (Wildman–Crippen MR) is 57.7 cm³/mol. The van der Waals surface area contributed by atoms with Gasteiger partial charge in [0, 0.05) is 13.2 Å². The average molecular weight is 230 g/mol. The number of hydrogen-bond acceptors (Lipinski definition) is 6. The van der Waals surface area contributed by atoms with Gasteiger partial charge in [0.05, 0.1) is 6.10 Å². The zero-order chi connectivity index (χ0) is 11.3. The fourth-order valence-electron chi connectivity index (χ4n) is 0.982. The topological polar surface area (TPSA) is 90.1 Å². The maximum absolute atomic E-state index is 11.5. The molecule has 0 aliphatic carbocycles. The highest BCUT2D eigenvalue weighted by atomic mass is 32.1. The van der Waals surface area contributed by atoms with E-state index in [-0.39, 0.29) is 22.2 Å². The highest BCUT2D eigenvalue weighted by Crippen LogP contribution is 2.10. The normalized spacial score (nSPS) is 12.4. The minimum atomic E-state index is -0.268. The van der Waals surface area contributed by atoms with Gasteiger partial charge in [-0.25, -0.2) is 0 Å². The fourth-order valence-corrected chi connectivity index (χ4v) is 1.51. The Hall–Kier alpha value is -1.21. The van der Waals surface area contributed by atoms with Crippen LogP contribution in [-0.2, 0) is 4.74 Å². The van der Waals surface area contributed by atoms with Gasteiger partial charge in [-0.05, 0) is 13.8 Å². The number of nitrogens with zero attached hydrogens (tertiary/aromatic N) is 2. The number of nitrogens with two attached hydrogens (primary N) is 1. The van der Waals surface area contributed by atoms with Crippen molar-refractivity contribution in [1.29, 1.82) is 0 Å². The summed E-state index contributed by atoms with van der Waals surface area (Å²) in [5.74, 6) is -0.268. The van der Waals surface area contributed by atoms with E-state index < -0.39 is 0 Å². The van der Waals surface area contributed by atoms with E-state index in [9.17, 15) is 4.79 Å². The van der Waals surface area contributed by atoms with Crippen LogP contribution in [0.25, 0.3) is 0 Å². The van der Waals surface area contributed by atoms with E-state index in [2.05, 4.69) is 15.5 Å². The third-order valence-corrected chi connectivity index (χ3v) is 2.39. The molecule has 0 aliphatic heterocycles. The second kappa shape index (κ2) is 5.62. The highest BCUT2D eigenvalue weighted by Gasteiger charge is 2.12. The zero-order valence-corrected chi connectivity index (χ0v) is 9.50. The van der Waals surface area contributed by atoms with Gasteiger partial charge in [-0.1, -0.05) is 11.3 Å². The summed E-state index contributed by atoms with van der Waals surface area (Å²) >= 11 is 1.06. The zero-order valence-electron chi connectivity index (χ0n) is 8.69. The lowest BCUT2D eigenvalue weighted by Crippen LogP contribution is -2.32. The first-order chi connectivity index (χ1) is 7.13. The van der Waals surface area contributed by atoms with Gasteiger partial charge < -0.3 is 15.8 Å². The van der Waals surface area contributed by atoms with Crippen LogP contribution < -0.4 is 11.1 Å². The van der Waals surface area contributed by atoms with Gasteiger partial charge in [-0.3, -0.25) is 4.79 Å². The maximum Gasteiger partial charge on any atom is 0.282 e. The van der Waals surface area contributed by atoms with Crippen LogP contribution in [0.4, 0.5) is 5.13 Å². The molecule has 1 aromatic heterocycles. The Bertz CT molecular complexity index is 328. The van der Waals surface area contributed by atoms with Gasteiger partial charge in [0.1, 0.15) is 0 Å². The van der Waals surface area contributed by atoms with Crippen molar-refractivity contribution in [2.24, 2.45) is 0 Å². The highest BCUT2D eigenvalue weighted by molar-refractivity contribution is 7.16. The minimum Gasteiger partial charge on any atom is -0.377 e. The van der Waals surface area contributed by atoms with Crippen molar-refractivity contribution in [1.82, 2.24) is 15.5 Å². The van der Waals surface area contributed by atoms with Gasteiger partial charge in [0.25, 0.3) is 5.91 Å². The summed E-state index contributed by atoms with van der Waals surface area (Å²) in [5.41, 5.74) is 5.36. The number of hydrogen-bond donors (Lipinski definition) is 2. The van der Waals surface area contributed by atoms with Crippen LogP contribution in [0.15, 0.2) is 0 Å². The molecular formula is C8H14N4O2S. The van der Waals surface area contributed by atoms with Crippen molar-refractivity contribution in [3.8, 4) is 0 Å². The number of ether oxygens (including phenoxy) is 1. The van der Waals surface area contributed by atoms with E-state index >= 15 is 0 Å². The molecule has 0 spiro atoms. The number of amides is 1. The summed E-state index contributed by atoms with van der Waals surface area (Å²) in [4.78, 5) is 11.5. The van der Waals surface area contributed by atoms with E-state index in [4.69, 9.17) is 10.5 Å². The lowest BCUT2D eigenvalue weighted by atomic mass is 10.4. The molecule has 0 saturated heterocycles. The molecule has 1 amide bonds. The lowest BCUT2D eigenvalue weighted by Gasteiger charge is -2.11. The van der Waals surface area contributed by atoms with Crippen molar-refractivity contribution in [2.75, 3.05) is 18.9 Å². The van der Waals surface area contributed by atoms with Crippen LogP contribution in [0.3, 0.4) is 0 Å². The minimum absolute atomic E-state index is 0.00998. The number of anilines is 1. The van der Waals surface area contributed by atoms with E-state index in [1.807, 2.05) is 13.8 Å². The van der Waals surface area contributed by atoms with Gasteiger partial charge >= 0.3 is 0 Å². The molecule has 3 N–H and O–H groups in total. The Morgan fingerprint density at radius 3 is 2.93 bits per heavy atom. The van der Waals surface area contributed by atoms with Gasteiger partial charge in [0.15, 0.2) is 0 Å². The lowest BCUT2D eigenvalue weighted by molar-refractivity contribution is 0.0694. The molecule has 7 heteroatoms. The number of rotatable bonds is 5. The molecule has 0 radical (unpaired) electrons. The van der Waals surface area contributed by atoms with Crippen LogP contribution in [0.1, 0.15) is 23.6 Å². The SMILES string of the molecule is CCOC(C)CNC(=O)c1nnc(N)s1. The fraction of sp³-hybridized carbons (Fsp3) is 0.625. The summed E-state index contributed by atoms with van der Waals surface area (Å²) < 4.78 is 5.26. The predicted octanol–water partition coefficient (Wildman–Crippen LogP) is 0.275. The quantitative estimate of drug-likeness (QED) is 0.758. The monoisotopic (exact) mass is 230 g/mol. The molecule has 1 atom stereocenters. The number of aromatic nitrogens is 2. The number of nitrogens with one attached hydrogen (secondary N) is 1. The second-order valence-electron chi connectivity index (χ2n) is 2.92. The molecule has 1 aromatic rings. The third kappa shape index (κ3) is 3.80. The van der Waals surface area contributed by atoms with Crippen LogP contribution >= 0.6 is 11.3 Å². The number of carbonyl (C=O) groups is 1. The van der Waals surface area contributed by atoms with Crippen molar-refractivity contribution < 1.29 is 9.53 Å². The molecule has 0 fully saturated rings. The Labute approximate surface area is 91.8 Å². The van der Waals surface area contributed by atoms with E-state index in [1.54, 1.807) is 0 Å². The molecule has 0 saturated carbocycles. The standard InChI is InChI=1S/C8H14N4O2S/c1-3-14-5(2)4-10-6(13)7-11-12-8(9)15-7/h5H,3-4H2,1-2H3,(H2,9,12)(H,10,13). The molecular weight excluding hydrogens is 216 g/mol. The third-order valence-electron chi connectivity index (χ3n) is 1.64. The van der Waals surface area contributed by atoms with Crippen molar-refractivity contribution in [3.05, 3.63) is 5.01 Å². The number of carbonyl (C=O) groups excluding carboxylic acids is 1. The molecule has 0 bridgehead atoms. The average Bonchev–Trinajstić information content (AvgIpc) is 2.62. The van der Waals surface area contributed by atoms with Crippen molar-refractivity contribution in [3.63, 3.8) is 0 Å². The summed E-state index contributed by atoms with van der Waals surface area (Å²) in [6.45, 7) is 4.87. The summed E-state index contributed by atoms with van der Waals surface area (Å²) in [5, 5.41) is 10.4. The molecule has 1 rings (SSSR count). The molecule has 6 nitrogen and oxygen atoms in total. The molecule has 15 heavy (non-hydrogen) atoms. The molecule has 1 heterocycles. The first kappa shape index (κ1) is 11.9. The first-order valence-corrected chi connectivity index (χ1v) is 5.44. The molecule has 0 aliphatic rings. The van der Waals surface area contributed by atoms with Gasteiger partial charge in [-0.15, -0.1) is 10.2 Å². The van der Waals surface area contributed by atoms with Crippen LogP contribution in [0.2, 0.25) is 0 Å². The largest absolute Gasteiger partial charge is 0.377 e.